The molecule has 2 fully saturated rings. The van der Waals surface area contributed by atoms with E-state index in [0.717, 1.165) is 23.5 Å². The lowest BCUT2D eigenvalue weighted by atomic mass is 9.68. The van der Waals surface area contributed by atoms with Crippen molar-refractivity contribution >= 4 is 5.91 Å². The van der Waals surface area contributed by atoms with Crippen LogP contribution in [0.2, 0.25) is 0 Å². The molecule has 0 bridgehead atoms. The molecule has 0 saturated heterocycles. The summed E-state index contributed by atoms with van der Waals surface area (Å²) in [5.74, 6) is 1.64. The molecular weight excluding hydrogens is 306 g/mol. The van der Waals surface area contributed by atoms with Crippen LogP contribution in [0.5, 0.6) is 0 Å². The number of nitrogens with one attached hydrogen (secondary N) is 1. The van der Waals surface area contributed by atoms with Gasteiger partial charge in [0.25, 0.3) is 5.91 Å². The van der Waals surface area contributed by atoms with E-state index in [1.54, 1.807) is 0 Å². The van der Waals surface area contributed by atoms with Crippen molar-refractivity contribution in [1.29, 1.82) is 0 Å². The minimum atomic E-state index is 0.0934. The highest BCUT2D eigenvalue weighted by Gasteiger charge is 2.35. The van der Waals surface area contributed by atoms with Crippen LogP contribution in [0.1, 0.15) is 55.3 Å². The molecule has 2 heteroatoms. The Bertz CT molecular complexity index is 705. The van der Waals surface area contributed by atoms with E-state index < -0.39 is 0 Å². The van der Waals surface area contributed by atoms with Gasteiger partial charge in [0.15, 0.2) is 0 Å². The Hall–Kier alpha value is -2.09. The largest absolute Gasteiger partial charge is 0.349 e. The number of carbonyl (C=O) groups excluding carboxylic acids is 1. The van der Waals surface area contributed by atoms with Crippen molar-refractivity contribution in [2.75, 3.05) is 0 Å². The van der Waals surface area contributed by atoms with Crippen molar-refractivity contribution in [2.45, 2.75) is 51.0 Å². The lowest BCUT2D eigenvalue weighted by Gasteiger charge is -2.41. The van der Waals surface area contributed by atoms with E-state index in [2.05, 4.69) is 29.6 Å². The molecule has 130 valence electrons. The van der Waals surface area contributed by atoms with Crippen LogP contribution in [0.4, 0.5) is 0 Å². The van der Waals surface area contributed by atoms with Crippen molar-refractivity contribution in [3.63, 3.8) is 0 Å². The molecule has 0 spiro atoms. The summed E-state index contributed by atoms with van der Waals surface area (Å²) in [6, 6.07) is 18.7. The second-order valence-electron chi connectivity index (χ2n) is 7.66. The predicted molar refractivity (Wildman–Crippen MR) is 102 cm³/mol. The highest BCUT2D eigenvalue weighted by Crippen LogP contribution is 2.40. The van der Waals surface area contributed by atoms with Crippen LogP contribution in [0, 0.1) is 11.8 Å². The summed E-state index contributed by atoms with van der Waals surface area (Å²) in [7, 11) is 0. The molecule has 0 heterocycles. The van der Waals surface area contributed by atoms with Crippen LogP contribution in [-0.2, 0) is 0 Å². The van der Waals surface area contributed by atoms with E-state index in [-0.39, 0.29) is 5.91 Å². The van der Waals surface area contributed by atoms with Crippen molar-refractivity contribution in [3.05, 3.63) is 60.2 Å². The molecule has 3 unspecified atom stereocenters. The standard InChI is InChI=1S/C23H27NO/c25-23(24-22-12-6-10-19-9-4-5-11-21(19)22)20-15-13-18(14-16-20)17-7-2-1-3-8-17/h1-3,7-8,13-16,19,21-22H,4-6,9-12H2,(H,24,25). The summed E-state index contributed by atoms with van der Waals surface area (Å²) in [6.07, 6.45) is 9.14. The number of benzene rings is 2. The first-order valence-electron chi connectivity index (χ1n) is 9.77. The maximum absolute atomic E-state index is 12.7. The first kappa shape index (κ1) is 16.4. The van der Waals surface area contributed by atoms with E-state index in [4.69, 9.17) is 0 Å². The zero-order valence-corrected chi connectivity index (χ0v) is 14.8. The van der Waals surface area contributed by atoms with Gasteiger partial charge in [0.05, 0.1) is 0 Å². The van der Waals surface area contributed by atoms with Gasteiger partial charge < -0.3 is 5.32 Å². The van der Waals surface area contributed by atoms with Crippen LogP contribution in [0.3, 0.4) is 0 Å². The lowest BCUT2D eigenvalue weighted by molar-refractivity contribution is 0.0823. The van der Waals surface area contributed by atoms with E-state index in [1.807, 2.05) is 30.3 Å². The molecule has 1 amide bonds. The quantitative estimate of drug-likeness (QED) is 0.796. The number of fused-ring (bicyclic) bond motifs is 1. The topological polar surface area (TPSA) is 29.1 Å². The summed E-state index contributed by atoms with van der Waals surface area (Å²) < 4.78 is 0. The molecule has 2 nitrogen and oxygen atoms in total. The van der Waals surface area contributed by atoms with Gasteiger partial charge in [-0.3, -0.25) is 4.79 Å². The summed E-state index contributed by atoms with van der Waals surface area (Å²) >= 11 is 0. The van der Waals surface area contributed by atoms with Gasteiger partial charge in [-0.1, -0.05) is 74.6 Å². The average molecular weight is 333 g/mol. The molecule has 4 rings (SSSR count). The fourth-order valence-electron chi connectivity index (χ4n) is 4.81. The second kappa shape index (κ2) is 7.43. The number of carbonyl (C=O) groups is 1. The minimum Gasteiger partial charge on any atom is -0.349 e. The zero-order chi connectivity index (χ0) is 17.1. The number of rotatable bonds is 3. The Kier molecular flexibility index (Phi) is 4.87. The lowest BCUT2D eigenvalue weighted by Crippen LogP contribution is -2.46. The minimum absolute atomic E-state index is 0.0934. The number of hydrogen-bond donors (Lipinski definition) is 1. The maximum atomic E-state index is 12.7. The fourth-order valence-corrected chi connectivity index (χ4v) is 4.81. The summed E-state index contributed by atoms with van der Waals surface area (Å²) in [5.41, 5.74) is 3.12. The van der Waals surface area contributed by atoms with Crippen LogP contribution in [0.25, 0.3) is 11.1 Å². The molecule has 25 heavy (non-hydrogen) atoms. The molecule has 3 atom stereocenters. The van der Waals surface area contributed by atoms with Gasteiger partial charge in [-0.2, -0.15) is 0 Å². The first-order chi connectivity index (χ1) is 12.3. The maximum Gasteiger partial charge on any atom is 0.251 e. The van der Waals surface area contributed by atoms with Crippen LogP contribution in [0.15, 0.2) is 54.6 Å². The third-order valence-corrected chi connectivity index (χ3v) is 6.15. The van der Waals surface area contributed by atoms with E-state index in [0.29, 0.717) is 12.0 Å². The van der Waals surface area contributed by atoms with Gasteiger partial charge >= 0.3 is 0 Å². The van der Waals surface area contributed by atoms with Gasteiger partial charge in [0.2, 0.25) is 0 Å². The summed E-state index contributed by atoms with van der Waals surface area (Å²) in [4.78, 5) is 12.7. The van der Waals surface area contributed by atoms with Crippen LogP contribution in [-0.4, -0.2) is 11.9 Å². The van der Waals surface area contributed by atoms with Gasteiger partial charge in [0.1, 0.15) is 0 Å². The first-order valence-corrected chi connectivity index (χ1v) is 9.77. The Morgan fingerprint density at radius 1 is 0.760 bits per heavy atom. The fraction of sp³-hybridized carbons (Fsp3) is 0.435. The van der Waals surface area contributed by atoms with Gasteiger partial charge in [-0.15, -0.1) is 0 Å². The van der Waals surface area contributed by atoms with E-state index in [9.17, 15) is 4.79 Å². The van der Waals surface area contributed by atoms with Gasteiger partial charge in [-0.25, -0.2) is 0 Å². The molecule has 0 radical (unpaired) electrons. The van der Waals surface area contributed by atoms with Crippen molar-refractivity contribution < 1.29 is 4.79 Å². The van der Waals surface area contributed by atoms with E-state index >= 15 is 0 Å². The smallest absolute Gasteiger partial charge is 0.251 e. The van der Waals surface area contributed by atoms with Crippen molar-refractivity contribution in [1.82, 2.24) is 5.32 Å². The summed E-state index contributed by atoms with van der Waals surface area (Å²) in [5, 5.41) is 3.35. The third-order valence-electron chi connectivity index (χ3n) is 6.15. The van der Waals surface area contributed by atoms with Crippen LogP contribution >= 0.6 is 0 Å². The Balaban J connectivity index is 1.44. The molecule has 0 aliphatic heterocycles. The average Bonchev–Trinajstić information content (AvgIpc) is 2.69. The SMILES string of the molecule is O=C(NC1CCCC2CCCCC21)c1ccc(-c2ccccc2)cc1. The van der Waals surface area contributed by atoms with Gasteiger partial charge in [-0.05, 0) is 47.9 Å². The molecule has 2 aliphatic rings. The molecular formula is C23H27NO. The molecule has 2 aromatic rings. The van der Waals surface area contributed by atoms with E-state index in [1.165, 1.54) is 44.1 Å². The highest BCUT2D eigenvalue weighted by molar-refractivity contribution is 5.94. The second-order valence-corrected chi connectivity index (χ2v) is 7.66. The Labute approximate surface area is 150 Å². The van der Waals surface area contributed by atoms with Gasteiger partial charge in [0, 0.05) is 11.6 Å². The number of hydrogen-bond acceptors (Lipinski definition) is 1. The molecule has 0 aromatic heterocycles. The zero-order valence-electron chi connectivity index (χ0n) is 14.8. The highest BCUT2D eigenvalue weighted by atomic mass is 16.1. The Morgan fingerprint density at radius 3 is 2.24 bits per heavy atom. The molecule has 1 N–H and O–H groups in total. The Morgan fingerprint density at radius 2 is 1.44 bits per heavy atom. The third kappa shape index (κ3) is 3.63. The predicted octanol–water partition coefficient (Wildman–Crippen LogP) is 5.44. The summed E-state index contributed by atoms with van der Waals surface area (Å²) in [6.45, 7) is 0. The van der Waals surface area contributed by atoms with Crippen molar-refractivity contribution in [3.8, 4) is 11.1 Å². The monoisotopic (exact) mass is 333 g/mol. The molecule has 2 saturated carbocycles. The van der Waals surface area contributed by atoms with Crippen LogP contribution < -0.4 is 5.32 Å². The normalized spacial score (nSPS) is 25.8. The van der Waals surface area contributed by atoms with Crippen molar-refractivity contribution in [2.24, 2.45) is 11.8 Å². The molecule has 2 aromatic carbocycles. The number of amides is 1. The molecule has 2 aliphatic carbocycles.